The molecule has 0 bridgehead atoms. The first-order valence-corrected chi connectivity index (χ1v) is 8.52. The molecule has 190 valence electrons. The van der Waals surface area contributed by atoms with Crippen molar-refractivity contribution < 1.29 is 78.0 Å². The number of aliphatic hydroxyl groups is 2. The van der Waals surface area contributed by atoms with Crippen molar-refractivity contribution >= 4 is 0 Å². The molecule has 0 radical (unpaired) electrons. The number of alkyl halides is 12. The standard InChI is InChI=1S/C18H22F12O2/c19-15(20,21)13(16(22,23)24)9-5-8-12(32,11(31)6-3-1-2-4-7-11)10-14(13,17(25,26)27)18(28,29)30/h31-32H,1-10H2/i3D,5D2,6D2,8D2,9D2,10D2. The molecule has 3 unspecified atom stereocenters. The highest BCUT2D eigenvalue weighted by molar-refractivity contribution is 5.19. The van der Waals surface area contributed by atoms with E-state index in [4.69, 9.17) is 15.1 Å². The molecule has 2 nitrogen and oxygen atoms in total. The van der Waals surface area contributed by atoms with Crippen LogP contribution in [0.1, 0.15) is 79.0 Å². The molecular formula is C18H22F12O2. The normalized spacial score (nSPS) is 48.1. The van der Waals surface area contributed by atoms with Gasteiger partial charge in [-0.25, -0.2) is 0 Å². The van der Waals surface area contributed by atoms with Crippen LogP contribution >= 0.6 is 0 Å². The van der Waals surface area contributed by atoms with Gasteiger partial charge in [-0.3, -0.25) is 0 Å². The summed E-state index contributed by atoms with van der Waals surface area (Å²) in [6, 6.07) is 0. The van der Waals surface area contributed by atoms with Gasteiger partial charge in [-0.1, -0.05) is 25.7 Å². The first kappa shape index (κ1) is 15.2. The van der Waals surface area contributed by atoms with Gasteiger partial charge in [0, 0.05) is 21.5 Å². The summed E-state index contributed by atoms with van der Waals surface area (Å²) in [5.74, 6) is 0. The fraction of sp³-hybridized carbons (Fsp3) is 1.00. The van der Waals surface area contributed by atoms with Crippen LogP contribution < -0.4 is 0 Å². The van der Waals surface area contributed by atoms with Crippen molar-refractivity contribution in [3.63, 3.8) is 0 Å². The Labute approximate surface area is 190 Å². The predicted molar refractivity (Wildman–Crippen MR) is 85.2 cm³/mol. The summed E-state index contributed by atoms with van der Waals surface area (Å²) in [5, 5.41) is 22.9. The highest BCUT2D eigenvalue weighted by Gasteiger charge is 2.93. The maximum absolute atomic E-state index is 14.9. The van der Waals surface area contributed by atoms with Crippen LogP contribution in [0.3, 0.4) is 0 Å². The monoisotopic (exact) mass is 509 g/mol. The van der Waals surface area contributed by atoms with Crippen LogP contribution in [0.15, 0.2) is 0 Å². The summed E-state index contributed by atoms with van der Waals surface area (Å²) in [7, 11) is 0. The molecule has 0 heterocycles. The second-order valence-electron chi connectivity index (χ2n) is 7.16. The topological polar surface area (TPSA) is 40.5 Å². The lowest BCUT2D eigenvalue weighted by Crippen LogP contribution is -2.72. The second kappa shape index (κ2) is 7.81. The summed E-state index contributed by atoms with van der Waals surface area (Å²) >= 11 is 0. The van der Waals surface area contributed by atoms with E-state index in [1.807, 2.05) is 0 Å². The second-order valence-corrected chi connectivity index (χ2v) is 7.16. The predicted octanol–water partition coefficient (Wildman–Crippen LogP) is 6.60. The third kappa shape index (κ3) is 3.76. The van der Waals surface area contributed by atoms with Gasteiger partial charge in [0.15, 0.2) is 10.8 Å². The SMILES string of the molecule is [2H]C1CCCCC(O)(C2(O)C([2H])([2H])C([2H])([2H])C([2H])([2H])C(C(F)(F)F)(C(F)(F)F)C(C(F)(F)F)(C(F)(F)F)C2([2H])[2H])C1([2H])[2H]. The van der Waals surface area contributed by atoms with E-state index in [1.54, 1.807) is 0 Å². The minimum atomic E-state index is -8.48. The minimum absolute atomic E-state index is 0.551. The Balaban J connectivity index is 3.73. The Bertz CT molecular complexity index is 1070. The van der Waals surface area contributed by atoms with Crippen molar-refractivity contribution in [3.05, 3.63) is 0 Å². The number of hydrogen-bond acceptors (Lipinski definition) is 2. The van der Waals surface area contributed by atoms with Crippen LogP contribution in [-0.2, 0) is 0 Å². The molecule has 0 spiro atoms. The molecular weight excluding hydrogens is 476 g/mol. The first-order valence-electron chi connectivity index (χ1n) is 14.1. The van der Waals surface area contributed by atoms with Crippen LogP contribution in [0.5, 0.6) is 0 Å². The maximum atomic E-state index is 14.9. The highest BCUT2D eigenvalue weighted by atomic mass is 19.4. The molecule has 2 N–H and O–H groups in total. The van der Waals surface area contributed by atoms with E-state index in [9.17, 15) is 62.9 Å². The third-order valence-electron chi connectivity index (χ3n) is 5.20. The Morgan fingerprint density at radius 1 is 0.562 bits per heavy atom. The van der Waals surface area contributed by atoms with E-state index in [-0.39, 0.29) is 0 Å². The van der Waals surface area contributed by atoms with Crippen molar-refractivity contribution in [3.8, 4) is 0 Å². The molecule has 2 aliphatic rings. The lowest BCUT2D eigenvalue weighted by atomic mass is 9.55. The Kier molecular flexibility index (Phi) is 3.70. The molecule has 2 rings (SSSR count). The first-order chi connectivity index (χ1) is 18.4. The van der Waals surface area contributed by atoms with Crippen LogP contribution in [0.2, 0.25) is 0 Å². The van der Waals surface area contributed by atoms with Gasteiger partial charge in [0.05, 0.1) is 11.2 Å². The van der Waals surface area contributed by atoms with Crippen molar-refractivity contribution in [2.75, 3.05) is 0 Å². The zero-order chi connectivity index (χ0) is 34.9. The van der Waals surface area contributed by atoms with Gasteiger partial charge >= 0.3 is 24.7 Å². The molecule has 14 heteroatoms. The number of hydrogen-bond donors (Lipinski definition) is 2. The Hall–Kier alpha value is -0.920. The van der Waals surface area contributed by atoms with E-state index in [0.29, 0.717) is 0 Å². The van der Waals surface area contributed by atoms with Gasteiger partial charge < -0.3 is 10.2 Å². The van der Waals surface area contributed by atoms with Gasteiger partial charge in [-0.2, -0.15) is 52.7 Å². The van der Waals surface area contributed by atoms with Crippen molar-refractivity contribution in [2.45, 2.75) is 99.9 Å². The Morgan fingerprint density at radius 3 is 1.47 bits per heavy atom. The van der Waals surface area contributed by atoms with Gasteiger partial charge in [0.1, 0.15) is 0 Å². The molecule has 2 fully saturated rings. The van der Waals surface area contributed by atoms with E-state index < -0.39 is 111 Å². The minimum Gasteiger partial charge on any atom is -0.387 e. The summed E-state index contributed by atoms with van der Waals surface area (Å²) < 4.78 is 263. The molecule has 0 aromatic rings. The lowest BCUT2D eigenvalue weighted by molar-refractivity contribution is -0.477. The van der Waals surface area contributed by atoms with Crippen LogP contribution in [-0.4, -0.2) is 46.1 Å². The third-order valence-corrected chi connectivity index (χ3v) is 5.20. The molecule has 0 aliphatic heterocycles. The zero-order valence-corrected chi connectivity index (χ0v) is 15.3. The smallest absolute Gasteiger partial charge is 0.387 e. The van der Waals surface area contributed by atoms with Gasteiger partial charge in [-0.05, 0) is 31.9 Å². The van der Waals surface area contributed by atoms with Gasteiger partial charge in [0.2, 0.25) is 0 Å². The lowest BCUT2D eigenvalue weighted by Gasteiger charge is -2.54. The molecule has 0 aromatic carbocycles. The summed E-state index contributed by atoms with van der Waals surface area (Å²) in [5.41, 5.74) is -28.3. The van der Waals surface area contributed by atoms with Crippen LogP contribution in [0, 0.1) is 10.8 Å². The van der Waals surface area contributed by atoms with Gasteiger partial charge in [0.25, 0.3) is 0 Å². The largest absolute Gasteiger partial charge is 0.404 e. The van der Waals surface area contributed by atoms with Crippen molar-refractivity contribution in [1.29, 1.82) is 0 Å². The van der Waals surface area contributed by atoms with E-state index in [1.165, 1.54) is 0 Å². The fourth-order valence-corrected chi connectivity index (χ4v) is 3.59. The number of rotatable bonds is 1. The zero-order valence-electron chi connectivity index (χ0n) is 26.3. The summed E-state index contributed by atoms with van der Waals surface area (Å²) in [4.78, 5) is 0. The fourth-order valence-electron chi connectivity index (χ4n) is 3.59. The average Bonchev–Trinajstić information content (AvgIpc) is 2.83. The molecule has 0 amide bonds. The van der Waals surface area contributed by atoms with Crippen molar-refractivity contribution in [2.24, 2.45) is 10.8 Å². The molecule has 3 atom stereocenters. The van der Waals surface area contributed by atoms with E-state index in [2.05, 4.69) is 0 Å². The average molecular weight is 509 g/mol. The highest BCUT2D eigenvalue weighted by Crippen LogP contribution is 2.75. The van der Waals surface area contributed by atoms with Crippen LogP contribution in [0.25, 0.3) is 0 Å². The number of halogens is 12. The quantitative estimate of drug-likeness (QED) is 0.309. The van der Waals surface area contributed by atoms with Gasteiger partial charge in [-0.15, -0.1) is 0 Å². The summed E-state index contributed by atoms with van der Waals surface area (Å²) in [6.07, 6.45) is -71.2. The molecule has 0 aromatic heterocycles. The maximum Gasteiger partial charge on any atom is 0.404 e. The van der Waals surface area contributed by atoms with Crippen molar-refractivity contribution in [1.82, 2.24) is 0 Å². The summed E-state index contributed by atoms with van der Waals surface area (Å²) in [6.45, 7) is 0. The van der Waals surface area contributed by atoms with Crippen LogP contribution in [0.4, 0.5) is 52.7 Å². The molecule has 2 aliphatic carbocycles. The Morgan fingerprint density at radius 2 is 1.03 bits per heavy atom. The van der Waals surface area contributed by atoms with E-state index in [0.717, 1.165) is 0 Å². The molecule has 0 saturated heterocycles. The van der Waals surface area contributed by atoms with E-state index >= 15 is 0 Å². The molecule has 32 heavy (non-hydrogen) atoms. The molecule has 2 saturated carbocycles.